The van der Waals surface area contributed by atoms with Gasteiger partial charge in [0, 0.05) is 25.2 Å². The molecule has 100 valence electrons. The Balaban J connectivity index is 1.88. The van der Waals surface area contributed by atoms with Gasteiger partial charge in [-0.15, -0.1) is 5.10 Å². The van der Waals surface area contributed by atoms with Crippen LogP contribution in [-0.2, 0) is 4.79 Å². The number of carbonyl (C=O) groups excluding carboxylic acids is 1. The number of piperidine rings is 1. The predicted octanol–water partition coefficient (Wildman–Crippen LogP) is 1.88. The van der Waals surface area contributed by atoms with Gasteiger partial charge in [0.05, 0.1) is 12.2 Å². The third-order valence-corrected chi connectivity index (χ3v) is 3.93. The van der Waals surface area contributed by atoms with Crippen molar-refractivity contribution in [2.45, 2.75) is 45.6 Å². The van der Waals surface area contributed by atoms with Crippen LogP contribution in [0.5, 0.6) is 0 Å². The highest BCUT2D eigenvalue weighted by molar-refractivity contribution is 5.78. The maximum absolute atomic E-state index is 12.2. The molecule has 2 heterocycles. The fraction of sp³-hybridized carbons (Fsp3) is 0.769. The van der Waals surface area contributed by atoms with Crippen LogP contribution in [0, 0.1) is 5.92 Å². The average molecular weight is 250 g/mol. The number of aromatic nitrogens is 3. The Morgan fingerprint density at radius 2 is 2.00 bits per heavy atom. The molecular formula is C13H22N4O. The number of hydrogen-bond donors (Lipinski definition) is 0. The van der Waals surface area contributed by atoms with Gasteiger partial charge in [0.15, 0.2) is 0 Å². The number of carbonyl (C=O) groups is 1. The zero-order valence-corrected chi connectivity index (χ0v) is 11.2. The van der Waals surface area contributed by atoms with Crippen LogP contribution in [-0.4, -0.2) is 38.9 Å². The second-order valence-corrected chi connectivity index (χ2v) is 4.95. The van der Waals surface area contributed by atoms with E-state index in [-0.39, 0.29) is 5.92 Å². The number of rotatable bonds is 4. The molecule has 0 N–H and O–H groups in total. The maximum Gasteiger partial charge on any atom is 0.225 e. The van der Waals surface area contributed by atoms with Crippen LogP contribution >= 0.6 is 0 Å². The van der Waals surface area contributed by atoms with Crippen LogP contribution in [0.2, 0.25) is 0 Å². The lowest BCUT2D eigenvalue weighted by Gasteiger charge is -2.33. The van der Waals surface area contributed by atoms with Crippen LogP contribution in [0.1, 0.15) is 45.6 Å². The molecule has 0 aliphatic carbocycles. The normalized spacial score (nSPS) is 17.4. The molecule has 1 aliphatic heterocycles. The summed E-state index contributed by atoms with van der Waals surface area (Å²) >= 11 is 0. The van der Waals surface area contributed by atoms with E-state index >= 15 is 0 Å². The van der Waals surface area contributed by atoms with E-state index in [9.17, 15) is 4.79 Å². The van der Waals surface area contributed by atoms with Crippen molar-refractivity contribution < 1.29 is 4.79 Å². The Kier molecular flexibility index (Phi) is 4.33. The molecule has 0 atom stereocenters. The first-order valence-corrected chi connectivity index (χ1v) is 6.90. The molecule has 0 bridgehead atoms. The van der Waals surface area contributed by atoms with Crippen molar-refractivity contribution in [3.05, 3.63) is 12.4 Å². The zero-order chi connectivity index (χ0) is 13.0. The highest BCUT2D eigenvalue weighted by Gasteiger charge is 2.27. The molecule has 0 unspecified atom stereocenters. The fourth-order valence-corrected chi connectivity index (χ4v) is 2.66. The smallest absolute Gasteiger partial charge is 0.225 e. The van der Waals surface area contributed by atoms with Crippen molar-refractivity contribution >= 4 is 5.91 Å². The van der Waals surface area contributed by atoms with Crippen LogP contribution in [0.3, 0.4) is 0 Å². The molecule has 5 nitrogen and oxygen atoms in total. The van der Waals surface area contributed by atoms with Crippen molar-refractivity contribution in [1.29, 1.82) is 0 Å². The minimum Gasteiger partial charge on any atom is -0.342 e. The Morgan fingerprint density at radius 3 is 2.50 bits per heavy atom. The number of likely N-dealkylation sites (tertiary alicyclic amines) is 1. The number of hydrogen-bond acceptors (Lipinski definition) is 3. The molecule has 1 saturated heterocycles. The minimum atomic E-state index is 0.202. The highest BCUT2D eigenvalue weighted by Crippen LogP contribution is 2.23. The molecule has 0 saturated carbocycles. The summed E-state index contributed by atoms with van der Waals surface area (Å²) in [6.45, 7) is 5.88. The van der Waals surface area contributed by atoms with Crippen molar-refractivity contribution in [2.75, 3.05) is 13.1 Å². The average Bonchev–Trinajstić information content (AvgIpc) is 2.94. The lowest BCUT2D eigenvalue weighted by Crippen LogP contribution is -2.42. The summed E-state index contributed by atoms with van der Waals surface area (Å²) in [4.78, 5) is 14.3. The van der Waals surface area contributed by atoms with Crippen LogP contribution in [0.25, 0.3) is 0 Å². The Bertz CT molecular complexity index is 364. The van der Waals surface area contributed by atoms with Gasteiger partial charge in [-0.25, -0.2) is 4.68 Å². The Labute approximate surface area is 108 Å². The maximum atomic E-state index is 12.2. The van der Waals surface area contributed by atoms with E-state index in [1.165, 1.54) is 0 Å². The molecule has 0 radical (unpaired) electrons. The molecule has 1 fully saturated rings. The van der Waals surface area contributed by atoms with Crippen molar-refractivity contribution in [3.8, 4) is 0 Å². The summed E-state index contributed by atoms with van der Waals surface area (Å²) in [5, 5.41) is 7.88. The third kappa shape index (κ3) is 2.71. The number of nitrogens with zero attached hydrogens (tertiary/aromatic N) is 4. The SMILES string of the molecule is CCC(CC)C(=O)N1CCC(n2ccnn2)CC1. The van der Waals surface area contributed by atoms with E-state index in [0.29, 0.717) is 11.9 Å². The molecule has 5 heteroatoms. The van der Waals surface area contributed by atoms with E-state index in [1.54, 1.807) is 6.20 Å². The quantitative estimate of drug-likeness (QED) is 0.819. The molecule has 18 heavy (non-hydrogen) atoms. The second-order valence-electron chi connectivity index (χ2n) is 4.95. The van der Waals surface area contributed by atoms with Gasteiger partial charge >= 0.3 is 0 Å². The lowest BCUT2D eigenvalue weighted by atomic mass is 9.98. The number of amides is 1. The minimum absolute atomic E-state index is 0.202. The Morgan fingerprint density at radius 1 is 1.33 bits per heavy atom. The molecule has 0 aromatic carbocycles. The fourth-order valence-electron chi connectivity index (χ4n) is 2.66. The molecule has 0 spiro atoms. The first-order valence-electron chi connectivity index (χ1n) is 6.90. The van der Waals surface area contributed by atoms with E-state index < -0.39 is 0 Å². The summed E-state index contributed by atoms with van der Waals surface area (Å²) in [5.41, 5.74) is 0. The highest BCUT2D eigenvalue weighted by atomic mass is 16.2. The lowest BCUT2D eigenvalue weighted by molar-refractivity contribution is -0.137. The molecule has 1 aliphatic rings. The monoisotopic (exact) mass is 250 g/mol. The topological polar surface area (TPSA) is 51.0 Å². The van der Waals surface area contributed by atoms with Crippen LogP contribution in [0.15, 0.2) is 12.4 Å². The van der Waals surface area contributed by atoms with Gasteiger partial charge in [-0.05, 0) is 25.7 Å². The molecular weight excluding hydrogens is 228 g/mol. The molecule has 2 rings (SSSR count). The summed E-state index contributed by atoms with van der Waals surface area (Å²) in [6, 6.07) is 0.401. The molecule has 1 aromatic heterocycles. The van der Waals surface area contributed by atoms with Gasteiger partial charge < -0.3 is 4.90 Å². The van der Waals surface area contributed by atoms with E-state index in [4.69, 9.17) is 0 Å². The summed E-state index contributed by atoms with van der Waals surface area (Å²) < 4.78 is 1.92. The predicted molar refractivity (Wildman–Crippen MR) is 68.9 cm³/mol. The van der Waals surface area contributed by atoms with Gasteiger partial charge in [-0.3, -0.25) is 4.79 Å². The van der Waals surface area contributed by atoms with Crippen LogP contribution in [0.4, 0.5) is 0 Å². The van der Waals surface area contributed by atoms with Crippen molar-refractivity contribution in [1.82, 2.24) is 19.9 Å². The zero-order valence-electron chi connectivity index (χ0n) is 11.2. The second kappa shape index (κ2) is 5.98. The summed E-state index contributed by atoms with van der Waals surface area (Å²) in [6.07, 6.45) is 7.46. The summed E-state index contributed by atoms with van der Waals surface area (Å²) in [7, 11) is 0. The van der Waals surface area contributed by atoms with Gasteiger partial charge in [0.1, 0.15) is 0 Å². The summed E-state index contributed by atoms with van der Waals surface area (Å²) in [5.74, 6) is 0.532. The standard InChI is InChI=1S/C13H22N4O/c1-3-11(4-2)13(18)16-8-5-12(6-9-16)17-10-7-14-15-17/h7,10-12H,3-6,8-9H2,1-2H3. The first kappa shape index (κ1) is 13.1. The van der Waals surface area contributed by atoms with E-state index in [1.807, 2.05) is 15.8 Å². The third-order valence-electron chi connectivity index (χ3n) is 3.93. The van der Waals surface area contributed by atoms with Gasteiger partial charge in [-0.1, -0.05) is 19.1 Å². The first-order chi connectivity index (χ1) is 8.76. The largest absolute Gasteiger partial charge is 0.342 e. The van der Waals surface area contributed by atoms with E-state index in [2.05, 4.69) is 24.2 Å². The molecule has 1 aromatic rings. The van der Waals surface area contributed by atoms with Crippen molar-refractivity contribution in [3.63, 3.8) is 0 Å². The van der Waals surface area contributed by atoms with Crippen molar-refractivity contribution in [2.24, 2.45) is 5.92 Å². The van der Waals surface area contributed by atoms with Gasteiger partial charge in [0.2, 0.25) is 5.91 Å². The van der Waals surface area contributed by atoms with Crippen LogP contribution < -0.4 is 0 Å². The molecule has 1 amide bonds. The van der Waals surface area contributed by atoms with Gasteiger partial charge in [-0.2, -0.15) is 0 Å². The Hall–Kier alpha value is -1.39. The van der Waals surface area contributed by atoms with Gasteiger partial charge in [0.25, 0.3) is 0 Å². The van der Waals surface area contributed by atoms with E-state index in [0.717, 1.165) is 38.8 Å².